The number of carbonyl (C=O) groups excluding carboxylic acids is 1. The quantitative estimate of drug-likeness (QED) is 0.870. The molecule has 0 radical (unpaired) electrons. The molecular formula is C18H20BrN3O. The minimum absolute atomic E-state index is 0.132. The van der Waals surface area contributed by atoms with E-state index in [4.69, 9.17) is 0 Å². The van der Waals surface area contributed by atoms with E-state index in [9.17, 15) is 4.79 Å². The fourth-order valence-electron chi connectivity index (χ4n) is 2.72. The number of hydrogen-bond donors (Lipinski definition) is 1. The molecular weight excluding hydrogens is 354 g/mol. The Kier molecular flexibility index (Phi) is 4.96. The molecule has 2 aromatic rings. The van der Waals surface area contributed by atoms with Gasteiger partial charge in [-0.1, -0.05) is 28.9 Å². The fourth-order valence-corrected chi connectivity index (χ4v) is 3.12. The Morgan fingerprint density at radius 1 is 1.26 bits per heavy atom. The van der Waals surface area contributed by atoms with Crippen molar-refractivity contribution < 1.29 is 4.79 Å². The van der Waals surface area contributed by atoms with Crippen LogP contribution in [0, 0.1) is 5.92 Å². The summed E-state index contributed by atoms with van der Waals surface area (Å²) in [6, 6.07) is 11.2. The van der Waals surface area contributed by atoms with Crippen molar-refractivity contribution >= 4 is 33.3 Å². The normalized spacial score (nSPS) is 15.5. The van der Waals surface area contributed by atoms with Gasteiger partial charge >= 0.3 is 0 Å². The number of nitrogens with one attached hydrogen (secondary N) is 1. The maximum absolute atomic E-state index is 12.2. The molecule has 1 aliphatic heterocycles. The Morgan fingerprint density at radius 3 is 2.70 bits per heavy atom. The van der Waals surface area contributed by atoms with E-state index in [0.29, 0.717) is 11.3 Å². The molecule has 0 bridgehead atoms. The molecule has 0 spiro atoms. The van der Waals surface area contributed by atoms with Crippen LogP contribution in [-0.2, 0) is 0 Å². The summed E-state index contributed by atoms with van der Waals surface area (Å²) < 4.78 is 0.887. The molecule has 1 saturated heterocycles. The first-order chi connectivity index (χ1) is 11.1. The van der Waals surface area contributed by atoms with E-state index in [2.05, 4.69) is 38.1 Å². The zero-order valence-electron chi connectivity index (χ0n) is 13.1. The summed E-state index contributed by atoms with van der Waals surface area (Å²) in [5.74, 6) is 1.65. The summed E-state index contributed by atoms with van der Waals surface area (Å²) in [5, 5.41) is 2.88. The molecule has 1 aromatic heterocycles. The van der Waals surface area contributed by atoms with Gasteiger partial charge in [-0.25, -0.2) is 4.98 Å². The second kappa shape index (κ2) is 7.13. The number of benzene rings is 1. The highest BCUT2D eigenvalue weighted by molar-refractivity contribution is 9.10. The van der Waals surface area contributed by atoms with Gasteiger partial charge in [-0.05, 0) is 49.1 Å². The van der Waals surface area contributed by atoms with Crippen LogP contribution in [0.1, 0.15) is 30.1 Å². The van der Waals surface area contributed by atoms with E-state index in [-0.39, 0.29) is 5.91 Å². The van der Waals surface area contributed by atoms with Crippen LogP contribution in [0.2, 0.25) is 0 Å². The van der Waals surface area contributed by atoms with E-state index >= 15 is 0 Å². The number of carbonyl (C=O) groups is 1. The zero-order chi connectivity index (χ0) is 16.2. The third-order valence-electron chi connectivity index (χ3n) is 4.20. The predicted molar refractivity (Wildman–Crippen MR) is 96.9 cm³/mol. The largest absolute Gasteiger partial charge is 0.357 e. The summed E-state index contributed by atoms with van der Waals surface area (Å²) in [6.07, 6.45) is 4.15. The lowest BCUT2D eigenvalue weighted by molar-refractivity contribution is 0.102. The van der Waals surface area contributed by atoms with Gasteiger partial charge in [0.1, 0.15) is 5.82 Å². The van der Waals surface area contributed by atoms with Gasteiger partial charge in [0.15, 0.2) is 0 Å². The Morgan fingerprint density at radius 2 is 2.04 bits per heavy atom. The lowest BCUT2D eigenvalue weighted by Gasteiger charge is -2.31. The summed E-state index contributed by atoms with van der Waals surface area (Å²) in [6.45, 7) is 4.40. The number of piperidine rings is 1. The number of halogens is 1. The minimum Gasteiger partial charge on any atom is -0.357 e. The first kappa shape index (κ1) is 16.0. The number of anilines is 2. The van der Waals surface area contributed by atoms with E-state index in [1.54, 1.807) is 18.3 Å². The first-order valence-electron chi connectivity index (χ1n) is 7.90. The predicted octanol–water partition coefficient (Wildman–Crippen LogP) is 4.33. The Labute approximate surface area is 145 Å². The van der Waals surface area contributed by atoms with Crippen LogP contribution in [0.25, 0.3) is 0 Å². The molecule has 5 heteroatoms. The average molecular weight is 374 g/mol. The monoisotopic (exact) mass is 373 g/mol. The van der Waals surface area contributed by atoms with Gasteiger partial charge in [0, 0.05) is 23.1 Å². The molecule has 0 saturated carbocycles. The molecule has 1 aliphatic rings. The highest BCUT2D eigenvalue weighted by Crippen LogP contribution is 2.22. The van der Waals surface area contributed by atoms with Gasteiger partial charge in [0.25, 0.3) is 5.91 Å². The Balaban J connectivity index is 1.64. The zero-order valence-corrected chi connectivity index (χ0v) is 14.7. The summed E-state index contributed by atoms with van der Waals surface area (Å²) in [5.41, 5.74) is 1.33. The van der Waals surface area contributed by atoms with E-state index < -0.39 is 0 Å². The number of rotatable bonds is 3. The lowest BCUT2D eigenvalue weighted by Crippen LogP contribution is -2.33. The molecule has 120 valence electrons. The fraction of sp³-hybridized carbons (Fsp3) is 0.333. The van der Waals surface area contributed by atoms with Crippen LogP contribution in [0.4, 0.5) is 11.5 Å². The molecule has 3 rings (SSSR count). The maximum atomic E-state index is 12.2. The first-order valence-corrected chi connectivity index (χ1v) is 8.69. The van der Waals surface area contributed by atoms with Gasteiger partial charge in [0.05, 0.1) is 11.9 Å². The topological polar surface area (TPSA) is 45.2 Å². The number of hydrogen-bond acceptors (Lipinski definition) is 3. The van der Waals surface area contributed by atoms with E-state index in [0.717, 1.165) is 29.3 Å². The van der Waals surface area contributed by atoms with Crippen LogP contribution >= 0.6 is 15.9 Å². The van der Waals surface area contributed by atoms with E-state index in [1.807, 2.05) is 24.3 Å². The molecule has 0 unspecified atom stereocenters. The summed E-state index contributed by atoms with van der Waals surface area (Å²) in [4.78, 5) is 19.0. The molecule has 1 fully saturated rings. The number of pyridine rings is 1. The van der Waals surface area contributed by atoms with Crippen LogP contribution in [0.3, 0.4) is 0 Å². The molecule has 1 N–H and O–H groups in total. The highest BCUT2D eigenvalue weighted by Gasteiger charge is 2.16. The van der Waals surface area contributed by atoms with Crippen molar-refractivity contribution in [1.29, 1.82) is 0 Å². The molecule has 0 aliphatic carbocycles. The van der Waals surface area contributed by atoms with Crippen LogP contribution in [-0.4, -0.2) is 24.0 Å². The Hall–Kier alpha value is -1.88. The third kappa shape index (κ3) is 4.10. The Bertz CT molecular complexity index is 679. The molecule has 4 nitrogen and oxygen atoms in total. The van der Waals surface area contributed by atoms with Gasteiger partial charge in [-0.3, -0.25) is 4.79 Å². The van der Waals surface area contributed by atoms with Crippen LogP contribution < -0.4 is 10.2 Å². The SMILES string of the molecule is CC1CCN(c2ccc(NC(=O)c3cccc(Br)c3)cn2)CC1. The second-order valence-corrected chi connectivity index (χ2v) is 6.95. The number of nitrogens with zero attached hydrogens (tertiary/aromatic N) is 2. The summed E-state index contributed by atoms with van der Waals surface area (Å²) >= 11 is 3.38. The number of amides is 1. The summed E-state index contributed by atoms with van der Waals surface area (Å²) in [7, 11) is 0. The van der Waals surface area contributed by atoms with Crippen molar-refractivity contribution in [2.24, 2.45) is 5.92 Å². The molecule has 2 heterocycles. The molecule has 23 heavy (non-hydrogen) atoms. The van der Waals surface area contributed by atoms with Crippen LogP contribution in [0.5, 0.6) is 0 Å². The van der Waals surface area contributed by atoms with Gasteiger partial charge < -0.3 is 10.2 Å². The van der Waals surface area contributed by atoms with Crippen LogP contribution in [0.15, 0.2) is 47.1 Å². The number of aromatic nitrogens is 1. The smallest absolute Gasteiger partial charge is 0.255 e. The van der Waals surface area contributed by atoms with Gasteiger partial charge in [-0.2, -0.15) is 0 Å². The van der Waals surface area contributed by atoms with Crippen molar-refractivity contribution in [2.75, 3.05) is 23.3 Å². The average Bonchev–Trinajstić information content (AvgIpc) is 2.56. The molecule has 1 aromatic carbocycles. The maximum Gasteiger partial charge on any atom is 0.255 e. The van der Waals surface area contributed by atoms with Crippen molar-refractivity contribution in [3.8, 4) is 0 Å². The molecule has 0 atom stereocenters. The van der Waals surface area contributed by atoms with Gasteiger partial charge in [0.2, 0.25) is 0 Å². The van der Waals surface area contributed by atoms with E-state index in [1.165, 1.54) is 12.8 Å². The van der Waals surface area contributed by atoms with Gasteiger partial charge in [-0.15, -0.1) is 0 Å². The minimum atomic E-state index is -0.132. The van der Waals surface area contributed by atoms with Crippen molar-refractivity contribution in [1.82, 2.24) is 4.98 Å². The van der Waals surface area contributed by atoms with Crippen molar-refractivity contribution in [2.45, 2.75) is 19.8 Å². The van der Waals surface area contributed by atoms with Crippen molar-refractivity contribution in [3.05, 3.63) is 52.6 Å². The highest BCUT2D eigenvalue weighted by atomic mass is 79.9. The van der Waals surface area contributed by atoms with Crippen molar-refractivity contribution in [3.63, 3.8) is 0 Å². The lowest BCUT2D eigenvalue weighted by atomic mass is 9.99. The third-order valence-corrected chi connectivity index (χ3v) is 4.69. The second-order valence-electron chi connectivity index (χ2n) is 6.04. The molecule has 1 amide bonds. The standard InChI is InChI=1S/C18H20BrN3O/c1-13-7-9-22(10-8-13)17-6-5-16(12-20-17)21-18(23)14-3-2-4-15(19)11-14/h2-6,11-13H,7-10H2,1H3,(H,21,23).